The highest BCUT2D eigenvalue weighted by Crippen LogP contribution is 2.30. The molecule has 29 heavy (non-hydrogen) atoms. The molecule has 0 saturated carbocycles. The van der Waals surface area contributed by atoms with Crippen LogP contribution in [0.3, 0.4) is 0 Å². The maximum absolute atomic E-state index is 13.6. The average molecular weight is 398 g/mol. The minimum Gasteiger partial charge on any atom is -0.494 e. The van der Waals surface area contributed by atoms with Gasteiger partial charge in [0.25, 0.3) is 0 Å². The van der Waals surface area contributed by atoms with Crippen LogP contribution < -0.4 is 25.8 Å². The SMILES string of the molecule is CCc1cc(N2CCC(Nc3ccc(F)c(OC)c3)C2=O)ccc1C1CNNC1. The molecule has 0 spiro atoms. The lowest BCUT2D eigenvalue weighted by Gasteiger charge is -2.21. The quantitative estimate of drug-likeness (QED) is 0.698. The number of carbonyl (C=O) groups excluding carboxylic acids is 1. The lowest BCUT2D eigenvalue weighted by Crippen LogP contribution is -2.33. The summed E-state index contributed by atoms with van der Waals surface area (Å²) in [6.07, 6.45) is 1.62. The Morgan fingerprint density at radius 3 is 2.72 bits per heavy atom. The number of carbonyl (C=O) groups is 1. The van der Waals surface area contributed by atoms with E-state index in [0.717, 1.165) is 25.2 Å². The molecular formula is C22H27FN4O2. The zero-order valence-electron chi connectivity index (χ0n) is 16.8. The highest BCUT2D eigenvalue weighted by atomic mass is 19.1. The van der Waals surface area contributed by atoms with Crippen LogP contribution in [0.5, 0.6) is 5.75 Å². The molecule has 3 N–H and O–H groups in total. The molecule has 7 heteroatoms. The molecule has 6 nitrogen and oxygen atoms in total. The molecule has 2 aromatic rings. The fraction of sp³-hybridized carbons (Fsp3) is 0.409. The van der Waals surface area contributed by atoms with E-state index in [-0.39, 0.29) is 17.7 Å². The standard InChI is InChI=1S/C22H27FN4O2/c1-3-14-10-17(5-6-18(14)15-12-24-25-13-15)27-9-8-20(22(27)28)26-16-4-7-19(23)21(11-16)29-2/h4-7,10-11,15,20,24-26H,3,8-9,12-13H2,1-2H3. The Balaban J connectivity index is 1.50. The predicted octanol–water partition coefficient (Wildman–Crippen LogP) is 2.81. The third-order valence-electron chi connectivity index (χ3n) is 5.78. The number of aryl methyl sites for hydroxylation is 1. The van der Waals surface area contributed by atoms with E-state index < -0.39 is 5.82 Å². The number of anilines is 2. The van der Waals surface area contributed by atoms with Crippen molar-refractivity contribution < 1.29 is 13.9 Å². The van der Waals surface area contributed by atoms with E-state index in [1.807, 2.05) is 11.0 Å². The van der Waals surface area contributed by atoms with Gasteiger partial charge >= 0.3 is 0 Å². The van der Waals surface area contributed by atoms with Crippen LogP contribution in [0.2, 0.25) is 0 Å². The Hall–Kier alpha value is -2.64. The molecule has 1 unspecified atom stereocenters. The molecule has 1 amide bonds. The van der Waals surface area contributed by atoms with Crippen LogP contribution in [0.1, 0.15) is 30.4 Å². The first-order valence-corrected chi connectivity index (χ1v) is 10.1. The molecule has 154 valence electrons. The van der Waals surface area contributed by atoms with E-state index in [1.165, 1.54) is 24.3 Å². The Bertz CT molecular complexity index is 898. The van der Waals surface area contributed by atoms with Crippen molar-refractivity contribution in [2.45, 2.75) is 31.7 Å². The predicted molar refractivity (Wildman–Crippen MR) is 112 cm³/mol. The molecule has 4 rings (SSSR count). The van der Waals surface area contributed by atoms with Crippen molar-refractivity contribution in [3.63, 3.8) is 0 Å². The number of amides is 1. The Kier molecular flexibility index (Phi) is 5.69. The van der Waals surface area contributed by atoms with E-state index in [1.54, 1.807) is 12.1 Å². The summed E-state index contributed by atoms with van der Waals surface area (Å²) in [5.74, 6) is 0.233. The van der Waals surface area contributed by atoms with Gasteiger partial charge in [-0.1, -0.05) is 13.0 Å². The molecular weight excluding hydrogens is 371 g/mol. The smallest absolute Gasteiger partial charge is 0.249 e. The van der Waals surface area contributed by atoms with Gasteiger partial charge in [-0.05, 0) is 48.2 Å². The van der Waals surface area contributed by atoms with Crippen LogP contribution in [0.25, 0.3) is 0 Å². The second-order valence-electron chi connectivity index (χ2n) is 7.52. The van der Waals surface area contributed by atoms with Gasteiger partial charge in [0.05, 0.1) is 7.11 Å². The van der Waals surface area contributed by atoms with E-state index in [2.05, 4.69) is 35.2 Å². The van der Waals surface area contributed by atoms with Gasteiger partial charge in [0.15, 0.2) is 11.6 Å². The minimum atomic E-state index is -0.419. The van der Waals surface area contributed by atoms with Crippen molar-refractivity contribution in [1.82, 2.24) is 10.9 Å². The van der Waals surface area contributed by atoms with Crippen molar-refractivity contribution in [3.8, 4) is 5.75 Å². The maximum atomic E-state index is 13.6. The summed E-state index contributed by atoms with van der Waals surface area (Å²) in [4.78, 5) is 14.9. The second-order valence-corrected chi connectivity index (χ2v) is 7.52. The van der Waals surface area contributed by atoms with E-state index in [9.17, 15) is 9.18 Å². The largest absolute Gasteiger partial charge is 0.494 e. The third kappa shape index (κ3) is 3.93. The number of hydrogen-bond acceptors (Lipinski definition) is 5. The summed E-state index contributed by atoms with van der Waals surface area (Å²) in [5, 5.41) is 3.22. The van der Waals surface area contributed by atoms with Crippen molar-refractivity contribution in [2.75, 3.05) is 37.0 Å². The van der Waals surface area contributed by atoms with Crippen LogP contribution in [-0.2, 0) is 11.2 Å². The summed E-state index contributed by atoms with van der Waals surface area (Å²) >= 11 is 0. The number of methoxy groups -OCH3 is 1. The molecule has 0 radical (unpaired) electrons. The van der Waals surface area contributed by atoms with Crippen LogP contribution in [0.15, 0.2) is 36.4 Å². The van der Waals surface area contributed by atoms with E-state index in [4.69, 9.17) is 4.74 Å². The van der Waals surface area contributed by atoms with Crippen molar-refractivity contribution in [2.24, 2.45) is 0 Å². The number of hydrogen-bond donors (Lipinski definition) is 3. The number of halogens is 1. The normalized spacial score (nSPS) is 19.8. The van der Waals surface area contributed by atoms with E-state index >= 15 is 0 Å². The number of benzene rings is 2. The number of ether oxygens (including phenoxy) is 1. The summed E-state index contributed by atoms with van der Waals surface area (Å²) in [6, 6.07) is 10.6. The van der Waals surface area contributed by atoms with Gasteiger partial charge in [0.1, 0.15) is 6.04 Å². The lowest BCUT2D eigenvalue weighted by molar-refractivity contribution is -0.117. The number of nitrogens with zero attached hydrogens (tertiary/aromatic N) is 1. The maximum Gasteiger partial charge on any atom is 0.249 e. The topological polar surface area (TPSA) is 65.6 Å². The first-order valence-electron chi connectivity index (χ1n) is 10.1. The van der Waals surface area contributed by atoms with Crippen molar-refractivity contribution in [1.29, 1.82) is 0 Å². The van der Waals surface area contributed by atoms with Crippen LogP contribution in [-0.4, -0.2) is 38.7 Å². The average Bonchev–Trinajstić information content (AvgIpc) is 3.39. The van der Waals surface area contributed by atoms with Crippen LogP contribution in [0, 0.1) is 5.82 Å². The van der Waals surface area contributed by atoms with Gasteiger partial charge in [0, 0.05) is 43.0 Å². The molecule has 1 atom stereocenters. The Morgan fingerprint density at radius 1 is 1.21 bits per heavy atom. The monoisotopic (exact) mass is 398 g/mol. The zero-order chi connectivity index (χ0) is 20.4. The zero-order valence-corrected chi connectivity index (χ0v) is 16.8. The highest BCUT2D eigenvalue weighted by Gasteiger charge is 2.33. The summed E-state index contributed by atoms with van der Waals surface area (Å²) in [5.41, 5.74) is 10.6. The van der Waals surface area contributed by atoms with Crippen LogP contribution >= 0.6 is 0 Å². The second kappa shape index (κ2) is 8.39. The Morgan fingerprint density at radius 2 is 2.00 bits per heavy atom. The molecule has 0 bridgehead atoms. The van der Waals surface area contributed by atoms with E-state index in [0.29, 0.717) is 24.6 Å². The van der Waals surface area contributed by atoms with Crippen molar-refractivity contribution in [3.05, 3.63) is 53.3 Å². The van der Waals surface area contributed by atoms with Gasteiger partial charge < -0.3 is 15.0 Å². The summed E-state index contributed by atoms with van der Waals surface area (Å²) < 4.78 is 18.7. The molecule has 2 aliphatic heterocycles. The van der Waals surface area contributed by atoms with Gasteiger partial charge in [-0.25, -0.2) is 4.39 Å². The molecule has 2 aromatic carbocycles. The molecule has 0 aliphatic carbocycles. The molecule has 2 fully saturated rings. The summed E-state index contributed by atoms with van der Waals surface area (Å²) in [7, 11) is 1.43. The fourth-order valence-corrected chi connectivity index (χ4v) is 4.17. The van der Waals surface area contributed by atoms with Gasteiger partial charge in [0.2, 0.25) is 5.91 Å². The minimum absolute atomic E-state index is 0.0345. The van der Waals surface area contributed by atoms with Gasteiger partial charge in [-0.15, -0.1) is 0 Å². The molecule has 2 heterocycles. The number of nitrogens with one attached hydrogen (secondary N) is 3. The highest BCUT2D eigenvalue weighted by molar-refractivity contribution is 6.01. The van der Waals surface area contributed by atoms with Gasteiger partial charge in [-0.3, -0.25) is 15.6 Å². The molecule has 0 aromatic heterocycles. The Labute approximate surface area is 170 Å². The lowest BCUT2D eigenvalue weighted by atomic mass is 9.93. The summed E-state index contributed by atoms with van der Waals surface area (Å²) in [6.45, 7) is 4.64. The third-order valence-corrected chi connectivity index (χ3v) is 5.78. The fourth-order valence-electron chi connectivity index (χ4n) is 4.17. The first-order chi connectivity index (χ1) is 14.1. The first kappa shape index (κ1) is 19.7. The molecule has 2 aliphatic rings. The van der Waals surface area contributed by atoms with Crippen molar-refractivity contribution >= 4 is 17.3 Å². The number of hydrazine groups is 1. The molecule has 2 saturated heterocycles. The van der Waals surface area contributed by atoms with Crippen LogP contribution in [0.4, 0.5) is 15.8 Å². The number of rotatable bonds is 6. The van der Waals surface area contributed by atoms with Gasteiger partial charge in [-0.2, -0.15) is 0 Å².